The van der Waals surface area contributed by atoms with Gasteiger partial charge in [0.05, 0.1) is 4.99 Å². The van der Waals surface area contributed by atoms with E-state index in [0.717, 1.165) is 24.3 Å². The molecule has 5 saturated carbocycles. The minimum Gasteiger partial charge on any atom is -0.377 e. The second-order valence-electron chi connectivity index (χ2n) is 10.1. The van der Waals surface area contributed by atoms with Crippen LogP contribution in [0.1, 0.15) is 50.5 Å². The Kier molecular flexibility index (Phi) is 5.04. The molecule has 0 amide bonds. The standard InChI is InChI=1S/C24H34N2S2/c1-28-15-23-11-20-21(22(27)26-18-9-7-16(13-25)8-10-18)19(23)12-24(20,14-23)17-5-3-2-4-6-17/h2-6,16,18-21H,7-15,25H2,1H3,(H,26,27). The summed E-state index contributed by atoms with van der Waals surface area (Å²) in [7, 11) is 0. The summed E-state index contributed by atoms with van der Waals surface area (Å²) in [4.78, 5) is 1.20. The highest BCUT2D eigenvalue weighted by molar-refractivity contribution is 7.98. The Morgan fingerprint density at radius 2 is 1.89 bits per heavy atom. The summed E-state index contributed by atoms with van der Waals surface area (Å²) in [6, 6.07) is 12.0. The van der Waals surface area contributed by atoms with Gasteiger partial charge in [0.25, 0.3) is 0 Å². The first kappa shape index (κ1) is 19.4. The molecule has 152 valence electrons. The van der Waals surface area contributed by atoms with Crippen molar-refractivity contribution in [2.45, 2.75) is 56.4 Å². The first-order valence-electron chi connectivity index (χ1n) is 11.2. The minimum absolute atomic E-state index is 0.384. The molecule has 0 radical (unpaired) electrons. The van der Waals surface area contributed by atoms with Crippen LogP contribution in [0.15, 0.2) is 30.3 Å². The van der Waals surface area contributed by atoms with E-state index in [0.29, 0.717) is 22.8 Å². The largest absolute Gasteiger partial charge is 0.377 e. The van der Waals surface area contributed by atoms with Gasteiger partial charge in [0, 0.05) is 12.0 Å². The molecule has 4 heteroatoms. The van der Waals surface area contributed by atoms with Crippen molar-refractivity contribution in [3.8, 4) is 0 Å². The number of nitrogens with two attached hydrogens (primary N) is 1. The number of thiocarbonyl (C=S) groups is 1. The molecule has 4 bridgehead atoms. The van der Waals surface area contributed by atoms with Crippen LogP contribution in [-0.4, -0.2) is 29.6 Å². The van der Waals surface area contributed by atoms with Gasteiger partial charge >= 0.3 is 0 Å². The maximum atomic E-state index is 6.11. The molecular weight excluding hydrogens is 380 g/mol. The molecule has 5 atom stereocenters. The molecular formula is C24H34N2S2. The third kappa shape index (κ3) is 2.81. The lowest BCUT2D eigenvalue weighted by atomic mass is 9.71. The normalized spacial score (nSPS) is 43.6. The average molecular weight is 415 g/mol. The van der Waals surface area contributed by atoms with E-state index in [1.165, 1.54) is 55.7 Å². The summed E-state index contributed by atoms with van der Waals surface area (Å²) in [5.41, 5.74) is 8.37. The molecule has 0 heterocycles. The van der Waals surface area contributed by atoms with Crippen molar-refractivity contribution in [1.82, 2.24) is 5.32 Å². The van der Waals surface area contributed by atoms with E-state index >= 15 is 0 Å². The SMILES string of the molecule is CSCC12CC3C(C(=S)NC4CCC(CN)CC4)C1CC3(c1ccccc1)C2. The quantitative estimate of drug-likeness (QED) is 0.658. The van der Waals surface area contributed by atoms with Crippen molar-refractivity contribution in [3.63, 3.8) is 0 Å². The number of rotatable bonds is 6. The van der Waals surface area contributed by atoms with Gasteiger partial charge in [-0.3, -0.25) is 0 Å². The van der Waals surface area contributed by atoms with Crippen molar-refractivity contribution in [2.75, 3.05) is 18.6 Å². The molecule has 5 aliphatic rings. The Labute approximate surface area is 179 Å². The monoisotopic (exact) mass is 414 g/mol. The van der Waals surface area contributed by atoms with Gasteiger partial charge in [0.15, 0.2) is 0 Å². The first-order valence-corrected chi connectivity index (χ1v) is 13.0. The molecule has 0 spiro atoms. The van der Waals surface area contributed by atoms with Crippen molar-refractivity contribution in [2.24, 2.45) is 34.8 Å². The number of thioether (sulfide) groups is 1. The summed E-state index contributed by atoms with van der Waals surface area (Å²) in [5.74, 6) is 4.16. The van der Waals surface area contributed by atoms with Crippen LogP contribution in [0.4, 0.5) is 0 Å². The molecule has 0 saturated heterocycles. The Bertz CT molecular complexity index is 729. The van der Waals surface area contributed by atoms with E-state index in [4.69, 9.17) is 18.0 Å². The average Bonchev–Trinajstić information content (AvgIpc) is 3.40. The molecule has 5 fully saturated rings. The molecule has 1 aromatic rings. The van der Waals surface area contributed by atoms with Gasteiger partial charge in [-0.1, -0.05) is 42.5 Å². The van der Waals surface area contributed by atoms with Crippen molar-refractivity contribution >= 4 is 29.0 Å². The topological polar surface area (TPSA) is 38.0 Å². The van der Waals surface area contributed by atoms with Gasteiger partial charge in [-0.05, 0) is 97.6 Å². The fraction of sp³-hybridized carbons (Fsp3) is 0.708. The predicted molar refractivity (Wildman–Crippen MR) is 124 cm³/mol. The highest BCUT2D eigenvalue weighted by atomic mass is 32.2. The van der Waals surface area contributed by atoms with Crippen LogP contribution in [0.25, 0.3) is 0 Å². The maximum absolute atomic E-state index is 6.11. The second kappa shape index (κ2) is 7.28. The molecule has 0 aliphatic heterocycles. The zero-order valence-corrected chi connectivity index (χ0v) is 18.7. The molecule has 5 aliphatic carbocycles. The number of nitrogens with one attached hydrogen (secondary N) is 1. The Hall–Kier alpha value is -0.580. The van der Waals surface area contributed by atoms with Crippen LogP contribution >= 0.6 is 24.0 Å². The van der Waals surface area contributed by atoms with Crippen molar-refractivity contribution in [3.05, 3.63) is 35.9 Å². The lowest BCUT2D eigenvalue weighted by molar-refractivity contribution is 0.261. The van der Waals surface area contributed by atoms with E-state index in [-0.39, 0.29) is 0 Å². The van der Waals surface area contributed by atoms with Crippen LogP contribution < -0.4 is 11.1 Å². The number of hydrogen-bond acceptors (Lipinski definition) is 3. The zero-order valence-electron chi connectivity index (χ0n) is 17.0. The molecule has 2 nitrogen and oxygen atoms in total. The molecule has 1 aromatic carbocycles. The molecule has 28 heavy (non-hydrogen) atoms. The third-order valence-electron chi connectivity index (χ3n) is 8.85. The second-order valence-corrected chi connectivity index (χ2v) is 11.4. The zero-order chi connectivity index (χ0) is 19.4. The Morgan fingerprint density at radius 3 is 2.57 bits per heavy atom. The van der Waals surface area contributed by atoms with Crippen molar-refractivity contribution in [1.29, 1.82) is 0 Å². The number of hydrogen-bond donors (Lipinski definition) is 2. The van der Waals surface area contributed by atoms with Gasteiger partial charge in [0.1, 0.15) is 0 Å². The highest BCUT2D eigenvalue weighted by Gasteiger charge is 2.75. The van der Waals surface area contributed by atoms with Crippen LogP contribution in [0.2, 0.25) is 0 Å². The lowest BCUT2D eigenvalue weighted by Gasteiger charge is -2.37. The van der Waals surface area contributed by atoms with Gasteiger partial charge in [-0.2, -0.15) is 11.8 Å². The summed E-state index contributed by atoms with van der Waals surface area (Å²) >= 11 is 8.16. The summed E-state index contributed by atoms with van der Waals surface area (Å²) < 4.78 is 0. The fourth-order valence-electron chi connectivity index (χ4n) is 7.75. The smallest absolute Gasteiger partial charge is 0.0793 e. The minimum atomic E-state index is 0.384. The van der Waals surface area contributed by atoms with Crippen LogP contribution in [0.3, 0.4) is 0 Å². The Morgan fingerprint density at radius 1 is 1.14 bits per heavy atom. The van der Waals surface area contributed by atoms with E-state index in [1.807, 2.05) is 11.8 Å². The van der Waals surface area contributed by atoms with Gasteiger partial charge in [-0.25, -0.2) is 0 Å². The highest BCUT2D eigenvalue weighted by Crippen LogP contribution is 2.78. The van der Waals surface area contributed by atoms with Crippen LogP contribution in [0, 0.1) is 29.1 Å². The fourth-order valence-corrected chi connectivity index (χ4v) is 9.26. The van der Waals surface area contributed by atoms with E-state index in [2.05, 4.69) is 41.9 Å². The maximum Gasteiger partial charge on any atom is 0.0793 e. The summed E-state index contributed by atoms with van der Waals surface area (Å²) in [6.45, 7) is 0.848. The van der Waals surface area contributed by atoms with Crippen LogP contribution in [-0.2, 0) is 5.41 Å². The van der Waals surface area contributed by atoms with E-state index < -0.39 is 0 Å². The molecule has 0 aromatic heterocycles. The molecule has 3 N–H and O–H groups in total. The summed E-state index contributed by atoms with van der Waals surface area (Å²) in [6.07, 6.45) is 11.4. The number of benzene rings is 1. The first-order chi connectivity index (χ1) is 13.6. The predicted octanol–water partition coefficient (Wildman–Crippen LogP) is 4.77. The van der Waals surface area contributed by atoms with Crippen LogP contribution in [0.5, 0.6) is 0 Å². The van der Waals surface area contributed by atoms with E-state index in [1.54, 1.807) is 5.56 Å². The Balaban J connectivity index is 1.36. The third-order valence-corrected chi connectivity index (χ3v) is 10.1. The molecule has 6 rings (SSSR count). The lowest BCUT2D eigenvalue weighted by Crippen LogP contribution is -2.44. The van der Waals surface area contributed by atoms with Gasteiger partial charge < -0.3 is 11.1 Å². The van der Waals surface area contributed by atoms with Gasteiger partial charge in [0.2, 0.25) is 0 Å². The van der Waals surface area contributed by atoms with Gasteiger partial charge in [-0.15, -0.1) is 0 Å². The van der Waals surface area contributed by atoms with Crippen molar-refractivity contribution < 1.29 is 0 Å². The summed E-state index contributed by atoms with van der Waals surface area (Å²) in [5, 5.41) is 3.86. The molecule has 5 unspecified atom stereocenters. The van der Waals surface area contributed by atoms with E-state index in [9.17, 15) is 0 Å².